The van der Waals surface area contributed by atoms with Gasteiger partial charge in [0.05, 0.1) is 23.1 Å². The third-order valence-corrected chi connectivity index (χ3v) is 4.54. The van der Waals surface area contributed by atoms with Crippen molar-refractivity contribution < 1.29 is 4.79 Å². The Hall–Kier alpha value is -1.85. The number of hydrogen-bond donors (Lipinski definition) is 2. The van der Waals surface area contributed by atoms with E-state index in [1.165, 1.54) is 6.42 Å². The number of rotatable bonds is 5. The first-order valence-electron chi connectivity index (χ1n) is 7.94. The van der Waals surface area contributed by atoms with Crippen LogP contribution in [0, 0.1) is 12.8 Å². The molecule has 1 aromatic heterocycles. The maximum Gasteiger partial charge on any atom is 0.254 e. The van der Waals surface area contributed by atoms with E-state index in [2.05, 4.69) is 15.7 Å². The standard InChI is InChI=1S/C17H21ClN4O/c1-12-16(17(23)20-8-6-13-5-7-19-10-13)11-21-22(12)15-4-2-3-14(18)9-15/h2-4,9,11,13,19H,5-8,10H2,1H3,(H,20,23). The minimum Gasteiger partial charge on any atom is -0.352 e. The van der Waals surface area contributed by atoms with Crippen molar-refractivity contribution in [2.45, 2.75) is 19.8 Å². The van der Waals surface area contributed by atoms with Gasteiger partial charge >= 0.3 is 0 Å². The lowest BCUT2D eigenvalue weighted by Crippen LogP contribution is -2.26. The second-order valence-corrected chi connectivity index (χ2v) is 6.38. The molecular weight excluding hydrogens is 312 g/mol. The normalized spacial score (nSPS) is 17.4. The molecule has 1 fully saturated rings. The van der Waals surface area contributed by atoms with Crippen LogP contribution in [-0.2, 0) is 0 Å². The van der Waals surface area contributed by atoms with Gasteiger partial charge in [-0.05, 0) is 57.0 Å². The van der Waals surface area contributed by atoms with Gasteiger partial charge in [-0.2, -0.15) is 5.10 Å². The second kappa shape index (κ2) is 7.15. The van der Waals surface area contributed by atoms with Gasteiger partial charge in [0.25, 0.3) is 5.91 Å². The molecule has 1 aromatic carbocycles. The van der Waals surface area contributed by atoms with Crippen LogP contribution in [0.4, 0.5) is 0 Å². The first kappa shape index (κ1) is 16.0. The molecule has 1 unspecified atom stereocenters. The topological polar surface area (TPSA) is 59.0 Å². The van der Waals surface area contributed by atoms with Gasteiger partial charge in [-0.15, -0.1) is 0 Å². The average Bonchev–Trinajstić information content (AvgIpc) is 3.17. The van der Waals surface area contributed by atoms with Crippen LogP contribution in [0.25, 0.3) is 5.69 Å². The summed E-state index contributed by atoms with van der Waals surface area (Å²) >= 11 is 6.02. The fourth-order valence-electron chi connectivity index (χ4n) is 2.95. The van der Waals surface area contributed by atoms with Crippen molar-refractivity contribution in [1.29, 1.82) is 0 Å². The molecule has 2 N–H and O–H groups in total. The molecule has 0 aliphatic carbocycles. The van der Waals surface area contributed by atoms with Crippen LogP contribution in [0.15, 0.2) is 30.5 Å². The molecule has 122 valence electrons. The third kappa shape index (κ3) is 3.74. The van der Waals surface area contributed by atoms with E-state index in [-0.39, 0.29) is 5.91 Å². The monoisotopic (exact) mass is 332 g/mol. The van der Waals surface area contributed by atoms with Crippen molar-refractivity contribution in [2.24, 2.45) is 5.92 Å². The molecule has 1 atom stereocenters. The molecule has 0 spiro atoms. The molecule has 0 saturated carbocycles. The lowest BCUT2D eigenvalue weighted by molar-refractivity contribution is 0.0951. The summed E-state index contributed by atoms with van der Waals surface area (Å²) in [5.41, 5.74) is 2.27. The van der Waals surface area contributed by atoms with Crippen molar-refractivity contribution in [3.8, 4) is 5.69 Å². The lowest BCUT2D eigenvalue weighted by atomic mass is 10.1. The molecule has 23 heavy (non-hydrogen) atoms. The number of halogens is 1. The molecule has 1 aliphatic heterocycles. The molecule has 0 radical (unpaired) electrons. The summed E-state index contributed by atoms with van der Waals surface area (Å²) in [5.74, 6) is 0.604. The highest BCUT2D eigenvalue weighted by Gasteiger charge is 2.17. The number of carbonyl (C=O) groups is 1. The minimum atomic E-state index is -0.0678. The SMILES string of the molecule is Cc1c(C(=O)NCCC2CCNC2)cnn1-c1cccc(Cl)c1. The number of benzene rings is 1. The first-order valence-corrected chi connectivity index (χ1v) is 8.32. The Kier molecular flexibility index (Phi) is 4.98. The minimum absolute atomic E-state index is 0.0678. The largest absolute Gasteiger partial charge is 0.352 e. The van der Waals surface area contributed by atoms with E-state index in [0.29, 0.717) is 23.0 Å². The molecule has 6 heteroatoms. The number of nitrogens with zero attached hydrogens (tertiary/aromatic N) is 2. The summed E-state index contributed by atoms with van der Waals surface area (Å²) in [5, 5.41) is 11.3. The van der Waals surface area contributed by atoms with E-state index in [9.17, 15) is 4.79 Å². The Morgan fingerprint density at radius 1 is 1.52 bits per heavy atom. The Labute approximate surface area is 141 Å². The molecular formula is C17H21ClN4O. The number of amides is 1. The molecule has 1 aliphatic rings. The molecule has 2 aromatic rings. The van der Waals surface area contributed by atoms with Gasteiger partial charge in [-0.3, -0.25) is 4.79 Å². The second-order valence-electron chi connectivity index (χ2n) is 5.94. The van der Waals surface area contributed by atoms with Crippen LogP contribution >= 0.6 is 11.6 Å². The molecule has 0 bridgehead atoms. The zero-order chi connectivity index (χ0) is 16.2. The van der Waals surface area contributed by atoms with Crippen LogP contribution < -0.4 is 10.6 Å². The van der Waals surface area contributed by atoms with E-state index in [1.807, 2.05) is 31.2 Å². The molecule has 3 rings (SSSR count). The third-order valence-electron chi connectivity index (χ3n) is 4.31. The highest BCUT2D eigenvalue weighted by molar-refractivity contribution is 6.30. The molecule has 5 nitrogen and oxygen atoms in total. The maximum absolute atomic E-state index is 12.3. The van der Waals surface area contributed by atoms with Crippen LogP contribution in [-0.4, -0.2) is 35.3 Å². The van der Waals surface area contributed by atoms with E-state index in [4.69, 9.17) is 11.6 Å². The first-order chi connectivity index (χ1) is 11.1. The fourth-order valence-corrected chi connectivity index (χ4v) is 3.13. The number of hydrogen-bond acceptors (Lipinski definition) is 3. The van der Waals surface area contributed by atoms with Crippen molar-refractivity contribution in [2.75, 3.05) is 19.6 Å². The summed E-state index contributed by atoms with van der Waals surface area (Å²) < 4.78 is 1.74. The molecule has 2 heterocycles. The predicted octanol–water partition coefficient (Wildman–Crippen LogP) is 2.56. The van der Waals surface area contributed by atoms with Gasteiger partial charge in [0.1, 0.15) is 0 Å². The Bertz CT molecular complexity index is 692. The number of nitrogens with one attached hydrogen (secondary N) is 2. The average molecular weight is 333 g/mol. The highest BCUT2D eigenvalue weighted by Crippen LogP contribution is 2.18. The predicted molar refractivity (Wildman–Crippen MR) is 91.2 cm³/mol. The molecule has 1 saturated heterocycles. The lowest BCUT2D eigenvalue weighted by Gasteiger charge is -2.09. The Morgan fingerprint density at radius 2 is 2.39 bits per heavy atom. The summed E-state index contributed by atoms with van der Waals surface area (Å²) in [6.45, 7) is 4.74. The summed E-state index contributed by atoms with van der Waals surface area (Å²) in [4.78, 5) is 12.3. The number of aromatic nitrogens is 2. The van der Waals surface area contributed by atoms with E-state index in [0.717, 1.165) is 30.9 Å². The van der Waals surface area contributed by atoms with E-state index >= 15 is 0 Å². The van der Waals surface area contributed by atoms with Crippen LogP contribution in [0.2, 0.25) is 5.02 Å². The zero-order valence-electron chi connectivity index (χ0n) is 13.2. The summed E-state index contributed by atoms with van der Waals surface area (Å²) in [6.07, 6.45) is 3.82. The van der Waals surface area contributed by atoms with Crippen molar-refractivity contribution in [3.63, 3.8) is 0 Å². The van der Waals surface area contributed by atoms with Gasteiger partial charge in [0.2, 0.25) is 0 Å². The van der Waals surface area contributed by atoms with E-state index < -0.39 is 0 Å². The maximum atomic E-state index is 12.3. The van der Waals surface area contributed by atoms with Crippen LogP contribution in [0.5, 0.6) is 0 Å². The zero-order valence-corrected chi connectivity index (χ0v) is 13.9. The Balaban J connectivity index is 1.65. The smallest absolute Gasteiger partial charge is 0.254 e. The summed E-state index contributed by atoms with van der Waals surface area (Å²) in [6, 6.07) is 7.43. The van der Waals surface area contributed by atoms with Crippen molar-refractivity contribution in [3.05, 3.63) is 46.7 Å². The highest BCUT2D eigenvalue weighted by atomic mass is 35.5. The number of carbonyl (C=O) groups excluding carboxylic acids is 1. The summed E-state index contributed by atoms with van der Waals surface area (Å²) in [7, 11) is 0. The fraction of sp³-hybridized carbons (Fsp3) is 0.412. The Morgan fingerprint density at radius 3 is 3.13 bits per heavy atom. The van der Waals surface area contributed by atoms with Crippen molar-refractivity contribution in [1.82, 2.24) is 20.4 Å². The quantitative estimate of drug-likeness (QED) is 0.884. The van der Waals surface area contributed by atoms with Crippen molar-refractivity contribution >= 4 is 17.5 Å². The van der Waals surface area contributed by atoms with E-state index in [1.54, 1.807) is 10.9 Å². The van der Waals surface area contributed by atoms with Gasteiger partial charge in [-0.1, -0.05) is 17.7 Å². The van der Waals surface area contributed by atoms with Gasteiger partial charge < -0.3 is 10.6 Å². The van der Waals surface area contributed by atoms with Crippen LogP contribution in [0.1, 0.15) is 28.9 Å². The van der Waals surface area contributed by atoms with Gasteiger partial charge in [0.15, 0.2) is 0 Å². The molecule has 1 amide bonds. The van der Waals surface area contributed by atoms with Crippen LogP contribution in [0.3, 0.4) is 0 Å². The van der Waals surface area contributed by atoms with Gasteiger partial charge in [-0.25, -0.2) is 4.68 Å². The van der Waals surface area contributed by atoms with Gasteiger partial charge in [0, 0.05) is 11.6 Å².